The minimum atomic E-state index is -3.31. The van der Waals surface area contributed by atoms with Gasteiger partial charge in [-0.1, -0.05) is 6.07 Å². The lowest BCUT2D eigenvalue weighted by molar-refractivity contribution is -0.124. The predicted molar refractivity (Wildman–Crippen MR) is 89.7 cm³/mol. The number of hydrogen-bond acceptors (Lipinski definition) is 6. The Labute approximate surface area is 142 Å². The Hall–Kier alpha value is -1.55. The second-order valence-electron chi connectivity index (χ2n) is 5.64. The third-order valence-electron chi connectivity index (χ3n) is 3.88. The molecule has 0 radical (unpaired) electrons. The average Bonchev–Trinajstić information content (AvgIpc) is 2.57. The van der Waals surface area contributed by atoms with Crippen LogP contribution in [0.1, 0.15) is 12.0 Å². The highest BCUT2D eigenvalue weighted by atomic mass is 32.2. The van der Waals surface area contributed by atoms with Crippen LogP contribution in [0.4, 0.5) is 0 Å². The van der Waals surface area contributed by atoms with Crippen LogP contribution in [0.2, 0.25) is 0 Å². The van der Waals surface area contributed by atoms with Crippen LogP contribution in [0.25, 0.3) is 0 Å². The summed E-state index contributed by atoms with van der Waals surface area (Å²) in [7, 11) is -1.95. The molecule has 1 aliphatic rings. The van der Waals surface area contributed by atoms with Crippen molar-refractivity contribution in [3.05, 3.63) is 30.1 Å². The van der Waals surface area contributed by atoms with Gasteiger partial charge in [-0.3, -0.25) is 14.7 Å². The number of aromatic nitrogens is 1. The van der Waals surface area contributed by atoms with Crippen LogP contribution in [0.15, 0.2) is 24.5 Å². The van der Waals surface area contributed by atoms with Crippen LogP contribution in [-0.4, -0.2) is 69.4 Å². The van der Waals surface area contributed by atoms with Crippen molar-refractivity contribution in [1.29, 1.82) is 0 Å². The second kappa shape index (κ2) is 9.07. The number of nitrogens with one attached hydrogen (secondary N) is 2. The fraction of sp³-hybridized carbons (Fsp3) is 0.600. The van der Waals surface area contributed by atoms with Crippen molar-refractivity contribution in [2.75, 3.05) is 39.1 Å². The average molecular weight is 356 g/mol. The summed E-state index contributed by atoms with van der Waals surface area (Å²) in [5.74, 6) is -0.302. The van der Waals surface area contributed by atoms with E-state index in [2.05, 4.69) is 19.9 Å². The van der Waals surface area contributed by atoms with Gasteiger partial charge in [-0.05, 0) is 18.7 Å². The zero-order valence-corrected chi connectivity index (χ0v) is 14.6. The van der Waals surface area contributed by atoms with E-state index in [0.717, 1.165) is 12.1 Å². The lowest BCUT2D eigenvalue weighted by Crippen LogP contribution is -2.47. The first-order valence-electron chi connectivity index (χ1n) is 7.89. The normalized spacial score (nSPS) is 19.1. The van der Waals surface area contributed by atoms with Crippen molar-refractivity contribution < 1.29 is 17.9 Å². The van der Waals surface area contributed by atoms with Gasteiger partial charge in [0.25, 0.3) is 0 Å². The second-order valence-corrected chi connectivity index (χ2v) is 7.68. The number of nitrogens with zero attached hydrogens (tertiary/aromatic N) is 2. The van der Waals surface area contributed by atoms with Gasteiger partial charge in [0.1, 0.15) is 0 Å². The van der Waals surface area contributed by atoms with Crippen molar-refractivity contribution in [1.82, 2.24) is 19.9 Å². The predicted octanol–water partition coefficient (Wildman–Crippen LogP) is -0.662. The molecular formula is C15H24N4O4S. The Bertz CT molecular complexity index is 624. The molecule has 2 N–H and O–H groups in total. The van der Waals surface area contributed by atoms with E-state index in [9.17, 15) is 13.2 Å². The minimum absolute atomic E-state index is 0.0279. The first-order chi connectivity index (χ1) is 11.5. The molecule has 2 heterocycles. The fourth-order valence-corrected chi connectivity index (χ4v) is 3.10. The number of hydrogen-bond donors (Lipinski definition) is 2. The molecule has 1 aliphatic heterocycles. The molecule has 134 valence electrons. The third-order valence-corrected chi connectivity index (χ3v) is 5.25. The summed E-state index contributed by atoms with van der Waals surface area (Å²) in [4.78, 5) is 18.4. The molecule has 0 saturated carbocycles. The summed E-state index contributed by atoms with van der Waals surface area (Å²) < 4.78 is 30.4. The van der Waals surface area contributed by atoms with Gasteiger partial charge < -0.3 is 10.1 Å². The monoisotopic (exact) mass is 356 g/mol. The summed E-state index contributed by atoms with van der Waals surface area (Å²) in [5.41, 5.74) is 1.09. The molecule has 1 unspecified atom stereocenters. The zero-order valence-electron chi connectivity index (χ0n) is 13.8. The largest absolute Gasteiger partial charge is 0.378 e. The van der Waals surface area contributed by atoms with Crippen LogP contribution in [0, 0.1) is 0 Å². The number of sulfonamides is 1. The van der Waals surface area contributed by atoms with Gasteiger partial charge in [0, 0.05) is 44.5 Å². The first kappa shape index (κ1) is 18.8. The maximum Gasteiger partial charge on any atom is 0.221 e. The van der Waals surface area contributed by atoms with E-state index in [4.69, 9.17) is 4.74 Å². The molecule has 2 rings (SSSR count). The van der Waals surface area contributed by atoms with Crippen molar-refractivity contribution in [2.45, 2.75) is 19.0 Å². The molecule has 0 aromatic carbocycles. The smallest absolute Gasteiger partial charge is 0.221 e. The number of pyridine rings is 1. The lowest BCUT2D eigenvalue weighted by Gasteiger charge is -2.35. The number of carbonyl (C=O) groups is 1. The van der Waals surface area contributed by atoms with Crippen LogP contribution < -0.4 is 10.0 Å². The van der Waals surface area contributed by atoms with E-state index in [-0.39, 0.29) is 30.7 Å². The van der Waals surface area contributed by atoms with Crippen molar-refractivity contribution in [3.63, 3.8) is 0 Å². The maximum atomic E-state index is 12.1. The van der Waals surface area contributed by atoms with Crippen LogP contribution in [-0.2, 0) is 26.1 Å². The summed E-state index contributed by atoms with van der Waals surface area (Å²) >= 11 is 0. The minimum Gasteiger partial charge on any atom is -0.378 e. The van der Waals surface area contributed by atoms with E-state index in [1.807, 2.05) is 18.3 Å². The number of ether oxygens (including phenoxy) is 1. The molecule has 0 bridgehead atoms. The Morgan fingerprint density at radius 3 is 3.04 bits per heavy atom. The Balaban J connectivity index is 1.83. The molecule has 9 heteroatoms. The molecule has 24 heavy (non-hydrogen) atoms. The van der Waals surface area contributed by atoms with E-state index in [1.54, 1.807) is 6.20 Å². The molecule has 1 aromatic rings. The summed E-state index contributed by atoms with van der Waals surface area (Å²) in [6.07, 6.45) is 3.82. The SMILES string of the molecule is CNS(=O)(=O)CCNC(=O)CC1COCCN1Cc1cccnc1. The van der Waals surface area contributed by atoms with Gasteiger partial charge >= 0.3 is 0 Å². The van der Waals surface area contributed by atoms with Gasteiger partial charge in [0.05, 0.1) is 19.0 Å². The lowest BCUT2D eigenvalue weighted by atomic mass is 10.1. The van der Waals surface area contributed by atoms with E-state index in [0.29, 0.717) is 19.8 Å². The molecule has 1 saturated heterocycles. The third kappa shape index (κ3) is 6.16. The van der Waals surface area contributed by atoms with Crippen LogP contribution in [0.5, 0.6) is 0 Å². The number of carbonyl (C=O) groups excluding carboxylic acids is 1. The van der Waals surface area contributed by atoms with Crippen molar-refractivity contribution >= 4 is 15.9 Å². The summed E-state index contributed by atoms with van der Waals surface area (Å²) in [6.45, 7) is 2.68. The van der Waals surface area contributed by atoms with E-state index in [1.165, 1.54) is 7.05 Å². The van der Waals surface area contributed by atoms with Crippen molar-refractivity contribution in [2.24, 2.45) is 0 Å². The quantitative estimate of drug-likeness (QED) is 0.641. The standard InChI is InChI=1S/C15H24N4O4S/c1-16-24(21,22)8-5-18-15(20)9-14-12-23-7-6-19(14)11-13-3-2-4-17-10-13/h2-4,10,14,16H,5-9,11-12H2,1H3,(H,18,20). The van der Waals surface area contributed by atoms with Crippen LogP contribution >= 0.6 is 0 Å². The van der Waals surface area contributed by atoms with Gasteiger partial charge in [-0.15, -0.1) is 0 Å². The highest BCUT2D eigenvalue weighted by Gasteiger charge is 2.25. The first-order valence-corrected chi connectivity index (χ1v) is 9.54. The van der Waals surface area contributed by atoms with Crippen molar-refractivity contribution in [3.8, 4) is 0 Å². The number of morpholine rings is 1. The molecule has 1 atom stereocenters. The van der Waals surface area contributed by atoms with E-state index >= 15 is 0 Å². The zero-order chi connectivity index (χ0) is 17.4. The topological polar surface area (TPSA) is 101 Å². The summed E-state index contributed by atoms with van der Waals surface area (Å²) in [5, 5.41) is 2.65. The van der Waals surface area contributed by atoms with Gasteiger partial charge in [0.15, 0.2) is 0 Å². The molecule has 0 aliphatic carbocycles. The molecule has 1 fully saturated rings. The van der Waals surface area contributed by atoms with Crippen LogP contribution in [0.3, 0.4) is 0 Å². The highest BCUT2D eigenvalue weighted by molar-refractivity contribution is 7.89. The molecule has 1 aromatic heterocycles. The Morgan fingerprint density at radius 1 is 1.50 bits per heavy atom. The van der Waals surface area contributed by atoms with E-state index < -0.39 is 10.0 Å². The molecule has 0 spiro atoms. The number of amides is 1. The molecular weight excluding hydrogens is 332 g/mol. The Morgan fingerprint density at radius 2 is 2.33 bits per heavy atom. The highest BCUT2D eigenvalue weighted by Crippen LogP contribution is 2.14. The van der Waals surface area contributed by atoms with Gasteiger partial charge in [0.2, 0.25) is 15.9 Å². The maximum absolute atomic E-state index is 12.1. The molecule has 1 amide bonds. The number of rotatable bonds is 8. The summed E-state index contributed by atoms with van der Waals surface area (Å²) in [6, 6.07) is 3.86. The fourth-order valence-electron chi connectivity index (χ4n) is 2.52. The van der Waals surface area contributed by atoms with Gasteiger partial charge in [-0.2, -0.15) is 0 Å². The Kier molecular flexibility index (Phi) is 7.10. The molecule has 8 nitrogen and oxygen atoms in total. The van der Waals surface area contributed by atoms with Gasteiger partial charge in [-0.25, -0.2) is 13.1 Å².